The third kappa shape index (κ3) is 3.54. The second kappa shape index (κ2) is 7.32. The first-order chi connectivity index (χ1) is 13.5. The maximum atomic E-state index is 12.6. The molecule has 1 amide bonds. The number of ether oxygens (including phenoxy) is 1. The zero-order valence-electron chi connectivity index (χ0n) is 15.3. The van der Waals surface area contributed by atoms with Gasteiger partial charge in [-0.3, -0.25) is 4.79 Å². The first kappa shape index (κ1) is 18.0. The fourth-order valence-corrected chi connectivity index (χ4v) is 3.02. The first-order valence-corrected chi connectivity index (χ1v) is 9.02. The number of amides is 1. The molecular weight excluding hydrogens is 376 g/mol. The van der Waals surface area contributed by atoms with Crippen LogP contribution >= 0.6 is 11.6 Å². The number of rotatable bonds is 4. The first-order valence-electron chi connectivity index (χ1n) is 8.64. The molecule has 0 unspecified atom stereocenters. The second-order valence-corrected chi connectivity index (χ2v) is 6.70. The summed E-state index contributed by atoms with van der Waals surface area (Å²) in [5.74, 6) is 1.49. The third-order valence-electron chi connectivity index (χ3n) is 4.41. The summed E-state index contributed by atoms with van der Waals surface area (Å²) in [6.45, 7) is 1.93. The van der Waals surface area contributed by atoms with Gasteiger partial charge < -0.3 is 14.6 Å². The highest BCUT2D eigenvalue weighted by Gasteiger charge is 2.11. The third-order valence-corrected chi connectivity index (χ3v) is 4.72. The summed E-state index contributed by atoms with van der Waals surface area (Å²) in [7, 11) is 1.95. The summed E-state index contributed by atoms with van der Waals surface area (Å²) in [6, 6.07) is 15.9. The molecule has 4 aromatic rings. The van der Waals surface area contributed by atoms with Crippen molar-refractivity contribution in [1.29, 1.82) is 0 Å². The number of nitrogens with one attached hydrogen (secondary N) is 1. The molecule has 0 fully saturated rings. The maximum absolute atomic E-state index is 12.6. The van der Waals surface area contributed by atoms with Crippen molar-refractivity contribution < 1.29 is 9.53 Å². The van der Waals surface area contributed by atoms with Gasteiger partial charge in [0.15, 0.2) is 0 Å². The van der Waals surface area contributed by atoms with Gasteiger partial charge in [-0.15, -0.1) is 0 Å². The van der Waals surface area contributed by atoms with Crippen LogP contribution in [0.2, 0.25) is 5.02 Å². The number of fused-ring (bicyclic) bond motifs is 1. The van der Waals surface area contributed by atoms with Crippen LogP contribution in [-0.4, -0.2) is 20.4 Å². The number of pyridine rings is 1. The molecule has 0 spiro atoms. The molecule has 28 heavy (non-hydrogen) atoms. The lowest BCUT2D eigenvalue weighted by atomic mass is 10.2. The van der Waals surface area contributed by atoms with Crippen LogP contribution in [0.3, 0.4) is 0 Å². The maximum Gasteiger partial charge on any atom is 0.255 e. The lowest BCUT2D eigenvalue weighted by molar-refractivity contribution is 0.102. The van der Waals surface area contributed by atoms with Crippen molar-refractivity contribution in [2.24, 2.45) is 7.05 Å². The van der Waals surface area contributed by atoms with E-state index in [1.54, 1.807) is 42.6 Å². The van der Waals surface area contributed by atoms with Gasteiger partial charge in [0, 0.05) is 30.6 Å². The smallest absolute Gasteiger partial charge is 0.255 e. The highest BCUT2D eigenvalue weighted by atomic mass is 35.5. The predicted octanol–water partition coefficient (Wildman–Crippen LogP) is 4.97. The highest BCUT2D eigenvalue weighted by molar-refractivity contribution is 6.32. The van der Waals surface area contributed by atoms with E-state index in [0.29, 0.717) is 27.9 Å². The van der Waals surface area contributed by atoms with Crippen LogP contribution < -0.4 is 10.1 Å². The minimum atomic E-state index is -0.236. The van der Waals surface area contributed by atoms with Crippen molar-refractivity contribution in [3.8, 4) is 11.6 Å². The number of carbonyl (C=O) groups excluding carboxylic acids is 1. The number of anilines is 1. The van der Waals surface area contributed by atoms with E-state index in [1.807, 2.05) is 36.7 Å². The normalized spacial score (nSPS) is 10.8. The zero-order chi connectivity index (χ0) is 19.7. The van der Waals surface area contributed by atoms with Gasteiger partial charge in [0.05, 0.1) is 16.1 Å². The van der Waals surface area contributed by atoms with Gasteiger partial charge in [-0.1, -0.05) is 23.7 Å². The molecule has 1 N–H and O–H groups in total. The van der Waals surface area contributed by atoms with Crippen LogP contribution in [-0.2, 0) is 7.05 Å². The van der Waals surface area contributed by atoms with Crippen LogP contribution in [0.5, 0.6) is 11.6 Å². The van der Waals surface area contributed by atoms with Crippen LogP contribution in [0.15, 0.2) is 60.8 Å². The van der Waals surface area contributed by atoms with E-state index < -0.39 is 0 Å². The lowest BCUT2D eigenvalue weighted by Gasteiger charge is -2.09. The number of hydrogen-bond donors (Lipinski definition) is 1. The van der Waals surface area contributed by atoms with Crippen molar-refractivity contribution in [3.63, 3.8) is 0 Å². The number of halogens is 1. The molecule has 4 rings (SSSR count). The Balaban J connectivity index is 1.54. The van der Waals surface area contributed by atoms with Crippen molar-refractivity contribution in [1.82, 2.24) is 14.5 Å². The predicted molar refractivity (Wildman–Crippen MR) is 109 cm³/mol. The van der Waals surface area contributed by atoms with Gasteiger partial charge >= 0.3 is 0 Å². The van der Waals surface area contributed by atoms with Crippen LogP contribution in [0, 0.1) is 6.92 Å². The average molecular weight is 393 g/mol. The molecule has 0 saturated carbocycles. The molecule has 6 nitrogen and oxygen atoms in total. The fourth-order valence-electron chi connectivity index (χ4n) is 2.85. The van der Waals surface area contributed by atoms with Crippen molar-refractivity contribution in [2.45, 2.75) is 6.92 Å². The van der Waals surface area contributed by atoms with E-state index >= 15 is 0 Å². The Labute approximate surface area is 166 Å². The topological polar surface area (TPSA) is 69.0 Å². The second-order valence-electron chi connectivity index (χ2n) is 6.29. The van der Waals surface area contributed by atoms with E-state index in [-0.39, 0.29) is 5.91 Å². The minimum Gasteiger partial charge on any atom is -0.437 e. The van der Waals surface area contributed by atoms with E-state index in [0.717, 1.165) is 16.9 Å². The van der Waals surface area contributed by atoms with Crippen LogP contribution in [0.4, 0.5) is 5.69 Å². The molecule has 2 heterocycles. The van der Waals surface area contributed by atoms with Gasteiger partial charge in [-0.05, 0) is 43.3 Å². The Morgan fingerprint density at radius 2 is 1.96 bits per heavy atom. The van der Waals surface area contributed by atoms with Gasteiger partial charge in [0.1, 0.15) is 11.6 Å². The molecule has 0 aliphatic carbocycles. The van der Waals surface area contributed by atoms with E-state index in [9.17, 15) is 4.79 Å². The fraction of sp³-hybridized carbons (Fsp3) is 0.0952. The molecule has 0 saturated heterocycles. The summed E-state index contributed by atoms with van der Waals surface area (Å²) in [5, 5.41) is 3.34. The van der Waals surface area contributed by atoms with E-state index in [2.05, 4.69) is 15.3 Å². The number of benzene rings is 2. The standard InChI is InChI=1S/C21H17ClN4O2/c1-13-24-17-11-14(7-8-18(17)26(13)2)21(27)25-15-9-10-23-20(12-15)28-19-6-4-3-5-16(19)22/h3-12H,1-2H3,(H,23,25,27). The monoisotopic (exact) mass is 392 g/mol. The van der Waals surface area contributed by atoms with Gasteiger partial charge in [0.2, 0.25) is 5.88 Å². The summed E-state index contributed by atoms with van der Waals surface area (Å²) >= 11 is 6.11. The number of hydrogen-bond acceptors (Lipinski definition) is 4. The number of nitrogens with zero attached hydrogens (tertiary/aromatic N) is 3. The quantitative estimate of drug-likeness (QED) is 0.532. The van der Waals surface area contributed by atoms with Crippen molar-refractivity contribution in [2.75, 3.05) is 5.32 Å². The van der Waals surface area contributed by atoms with Crippen LogP contribution in [0.25, 0.3) is 11.0 Å². The Bertz CT molecular complexity index is 1190. The molecular formula is C21H17ClN4O2. The SMILES string of the molecule is Cc1nc2cc(C(=O)Nc3ccnc(Oc4ccccc4Cl)c3)ccc2n1C. The zero-order valence-corrected chi connectivity index (χ0v) is 16.1. The Morgan fingerprint density at radius 1 is 1.14 bits per heavy atom. The number of aryl methyl sites for hydroxylation is 2. The van der Waals surface area contributed by atoms with Gasteiger partial charge in [-0.25, -0.2) is 9.97 Å². The summed E-state index contributed by atoms with van der Waals surface area (Å²) in [5.41, 5.74) is 2.86. The van der Waals surface area contributed by atoms with Crippen molar-refractivity contribution in [3.05, 3.63) is 77.2 Å². The number of aromatic nitrogens is 3. The Kier molecular flexibility index (Phi) is 4.71. The minimum absolute atomic E-state index is 0.236. The lowest BCUT2D eigenvalue weighted by Crippen LogP contribution is -2.12. The molecule has 0 bridgehead atoms. The molecule has 0 aliphatic heterocycles. The average Bonchev–Trinajstić information content (AvgIpc) is 2.97. The Morgan fingerprint density at radius 3 is 2.79 bits per heavy atom. The number of imidazole rings is 1. The van der Waals surface area contributed by atoms with Gasteiger partial charge in [-0.2, -0.15) is 0 Å². The molecule has 0 aliphatic rings. The van der Waals surface area contributed by atoms with E-state index in [4.69, 9.17) is 16.3 Å². The number of para-hydroxylation sites is 1. The molecule has 7 heteroatoms. The summed E-state index contributed by atoms with van der Waals surface area (Å²) < 4.78 is 7.69. The highest BCUT2D eigenvalue weighted by Crippen LogP contribution is 2.28. The van der Waals surface area contributed by atoms with E-state index in [1.165, 1.54) is 0 Å². The number of carbonyl (C=O) groups is 1. The van der Waals surface area contributed by atoms with Gasteiger partial charge in [0.25, 0.3) is 5.91 Å². The summed E-state index contributed by atoms with van der Waals surface area (Å²) in [6.07, 6.45) is 1.56. The van der Waals surface area contributed by atoms with Crippen LogP contribution in [0.1, 0.15) is 16.2 Å². The summed E-state index contributed by atoms with van der Waals surface area (Å²) in [4.78, 5) is 21.3. The molecule has 0 atom stereocenters. The molecule has 2 aromatic heterocycles. The Hall–Kier alpha value is -3.38. The molecule has 0 radical (unpaired) electrons. The largest absolute Gasteiger partial charge is 0.437 e. The molecule has 2 aromatic carbocycles. The van der Waals surface area contributed by atoms with Crippen molar-refractivity contribution >= 4 is 34.2 Å². The molecule has 140 valence electrons.